The van der Waals surface area contributed by atoms with Crippen molar-refractivity contribution in [1.82, 2.24) is 0 Å². The number of esters is 2. The average molecular weight is 216 g/mol. The maximum absolute atomic E-state index is 10.6. The lowest BCUT2D eigenvalue weighted by molar-refractivity contribution is -0.145. The van der Waals surface area contributed by atoms with Gasteiger partial charge in [-0.05, 0) is 18.8 Å². The molecule has 0 bridgehead atoms. The number of hydrogen-bond donors (Lipinski definition) is 0. The molecule has 0 aromatic carbocycles. The predicted octanol–water partition coefficient (Wildman–Crippen LogP) is 1.92. The summed E-state index contributed by atoms with van der Waals surface area (Å²) in [5.41, 5.74) is 0. The molecule has 0 N–H and O–H groups in total. The van der Waals surface area contributed by atoms with Gasteiger partial charge in [0.25, 0.3) is 0 Å². The molecular weight excluding hydrogens is 196 g/mol. The molecule has 0 aliphatic heterocycles. The Morgan fingerprint density at radius 2 is 1.67 bits per heavy atom. The van der Waals surface area contributed by atoms with E-state index in [2.05, 4.69) is 6.92 Å². The van der Waals surface area contributed by atoms with E-state index < -0.39 is 0 Å². The van der Waals surface area contributed by atoms with Crippen LogP contribution in [0.25, 0.3) is 0 Å². The van der Waals surface area contributed by atoms with E-state index in [1.165, 1.54) is 13.8 Å². The minimum Gasteiger partial charge on any atom is -0.466 e. The van der Waals surface area contributed by atoms with Crippen LogP contribution in [0.1, 0.15) is 40.0 Å². The smallest absolute Gasteiger partial charge is 0.302 e. The molecule has 0 rings (SSSR count). The van der Waals surface area contributed by atoms with Gasteiger partial charge in [0.2, 0.25) is 0 Å². The summed E-state index contributed by atoms with van der Waals surface area (Å²) < 4.78 is 9.78. The molecule has 0 aliphatic carbocycles. The van der Waals surface area contributed by atoms with Crippen LogP contribution in [0.15, 0.2) is 0 Å². The molecule has 15 heavy (non-hydrogen) atoms. The second-order valence-corrected chi connectivity index (χ2v) is 3.59. The molecule has 0 amide bonds. The van der Waals surface area contributed by atoms with Crippen LogP contribution in [-0.4, -0.2) is 25.2 Å². The van der Waals surface area contributed by atoms with E-state index in [1.54, 1.807) is 0 Å². The fraction of sp³-hybridized carbons (Fsp3) is 0.818. The van der Waals surface area contributed by atoms with Crippen LogP contribution in [0.4, 0.5) is 0 Å². The predicted molar refractivity (Wildman–Crippen MR) is 56.3 cm³/mol. The fourth-order valence-corrected chi connectivity index (χ4v) is 1.32. The van der Waals surface area contributed by atoms with Gasteiger partial charge in [-0.3, -0.25) is 9.59 Å². The first-order valence-electron chi connectivity index (χ1n) is 5.33. The second-order valence-electron chi connectivity index (χ2n) is 3.59. The molecule has 0 saturated carbocycles. The second kappa shape index (κ2) is 8.26. The zero-order valence-corrected chi connectivity index (χ0v) is 9.75. The van der Waals surface area contributed by atoms with Crippen molar-refractivity contribution in [2.45, 2.75) is 40.0 Å². The summed E-state index contributed by atoms with van der Waals surface area (Å²) in [5, 5.41) is 0. The van der Waals surface area contributed by atoms with Gasteiger partial charge in [-0.1, -0.05) is 13.3 Å². The minimum atomic E-state index is -0.266. The minimum absolute atomic E-state index is 0.261. The molecule has 0 spiro atoms. The van der Waals surface area contributed by atoms with Crippen molar-refractivity contribution in [3.05, 3.63) is 0 Å². The van der Waals surface area contributed by atoms with Gasteiger partial charge in [-0.2, -0.15) is 0 Å². The SMILES string of the molecule is CCCC(CCOC(C)=O)COC(C)=O. The lowest BCUT2D eigenvalue weighted by Crippen LogP contribution is -2.15. The molecule has 0 aromatic heterocycles. The van der Waals surface area contributed by atoms with Crippen LogP contribution < -0.4 is 0 Å². The monoisotopic (exact) mass is 216 g/mol. The molecule has 88 valence electrons. The lowest BCUT2D eigenvalue weighted by Gasteiger charge is -2.15. The third-order valence-electron chi connectivity index (χ3n) is 2.05. The van der Waals surface area contributed by atoms with E-state index in [4.69, 9.17) is 9.47 Å². The largest absolute Gasteiger partial charge is 0.466 e. The highest BCUT2D eigenvalue weighted by Crippen LogP contribution is 2.12. The topological polar surface area (TPSA) is 52.6 Å². The van der Waals surface area contributed by atoms with Gasteiger partial charge < -0.3 is 9.47 Å². The standard InChI is InChI=1S/C11H20O4/c1-4-5-11(8-15-10(3)13)6-7-14-9(2)12/h11H,4-8H2,1-3H3. The summed E-state index contributed by atoms with van der Waals surface area (Å²) in [5.74, 6) is -0.237. The summed E-state index contributed by atoms with van der Waals surface area (Å²) in [4.78, 5) is 21.2. The van der Waals surface area contributed by atoms with E-state index in [1.807, 2.05) is 0 Å². The summed E-state index contributed by atoms with van der Waals surface area (Å²) in [6.45, 7) is 5.69. The molecule has 0 fully saturated rings. The molecule has 4 heteroatoms. The maximum Gasteiger partial charge on any atom is 0.302 e. The van der Waals surface area contributed by atoms with Gasteiger partial charge in [0.15, 0.2) is 0 Å². The molecule has 1 atom stereocenters. The van der Waals surface area contributed by atoms with Crippen molar-refractivity contribution < 1.29 is 19.1 Å². The number of ether oxygens (including phenoxy) is 2. The Morgan fingerprint density at radius 3 is 2.13 bits per heavy atom. The van der Waals surface area contributed by atoms with E-state index in [9.17, 15) is 9.59 Å². The van der Waals surface area contributed by atoms with Gasteiger partial charge >= 0.3 is 11.9 Å². The van der Waals surface area contributed by atoms with E-state index in [0.29, 0.717) is 19.1 Å². The van der Waals surface area contributed by atoms with Crippen LogP contribution in [0, 0.1) is 5.92 Å². The highest BCUT2D eigenvalue weighted by Gasteiger charge is 2.10. The highest BCUT2D eigenvalue weighted by atomic mass is 16.5. The molecule has 4 nitrogen and oxygen atoms in total. The third-order valence-corrected chi connectivity index (χ3v) is 2.05. The molecule has 0 heterocycles. The van der Waals surface area contributed by atoms with Crippen LogP contribution in [0.2, 0.25) is 0 Å². The normalized spacial score (nSPS) is 11.9. The summed E-state index contributed by atoms with van der Waals surface area (Å²) in [7, 11) is 0. The molecule has 0 aliphatic rings. The van der Waals surface area contributed by atoms with Gasteiger partial charge in [0.1, 0.15) is 0 Å². The lowest BCUT2D eigenvalue weighted by atomic mass is 10.0. The summed E-state index contributed by atoms with van der Waals surface area (Å²) in [6, 6.07) is 0. The number of hydrogen-bond acceptors (Lipinski definition) is 4. The van der Waals surface area contributed by atoms with Crippen LogP contribution >= 0.6 is 0 Å². The molecule has 0 aromatic rings. The first-order chi connectivity index (χ1) is 7.06. The Kier molecular flexibility index (Phi) is 7.68. The Hall–Kier alpha value is -1.06. The van der Waals surface area contributed by atoms with Crippen LogP contribution in [0.5, 0.6) is 0 Å². The van der Waals surface area contributed by atoms with Gasteiger partial charge in [-0.25, -0.2) is 0 Å². The zero-order valence-electron chi connectivity index (χ0n) is 9.75. The van der Waals surface area contributed by atoms with Crippen LogP contribution in [-0.2, 0) is 19.1 Å². The first kappa shape index (κ1) is 13.9. The zero-order chi connectivity index (χ0) is 11.7. The fourth-order valence-electron chi connectivity index (χ4n) is 1.32. The van der Waals surface area contributed by atoms with Crippen molar-refractivity contribution in [2.75, 3.05) is 13.2 Å². The molecule has 0 saturated heterocycles. The quantitative estimate of drug-likeness (QED) is 0.610. The van der Waals surface area contributed by atoms with Crippen molar-refractivity contribution >= 4 is 11.9 Å². The molecule has 1 unspecified atom stereocenters. The maximum atomic E-state index is 10.6. The van der Waals surface area contributed by atoms with Crippen molar-refractivity contribution in [1.29, 1.82) is 0 Å². The van der Waals surface area contributed by atoms with Gasteiger partial charge in [0.05, 0.1) is 13.2 Å². The van der Waals surface area contributed by atoms with Crippen molar-refractivity contribution in [2.24, 2.45) is 5.92 Å². The Labute approximate surface area is 90.9 Å². The average Bonchev–Trinajstić information content (AvgIpc) is 2.13. The van der Waals surface area contributed by atoms with Crippen molar-refractivity contribution in [3.8, 4) is 0 Å². The summed E-state index contributed by atoms with van der Waals surface area (Å²) >= 11 is 0. The van der Waals surface area contributed by atoms with Crippen molar-refractivity contribution in [3.63, 3.8) is 0 Å². The van der Waals surface area contributed by atoms with Gasteiger partial charge in [-0.15, -0.1) is 0 Å². The Morgan fingerprint density at radius 1 is 1.07 bits per heavy atom. The Balaban J connectivity index is 3.71. The number of carbonyl (C=O) groups is 2. The number of rotatable bonds is 7. The highest BCUT2D eigenvalue weighted by molar-refractivity contribution is 5.66. The third kappa shape index (κ3) is 9.25. The van der Waals surface area contributed by atoms with Gasteiger partial charge in [0, 0.05) is 13.8 Å². The van der Waals surface area contributed by atoms with E-state index >= 15 is 0 Å². The Bertz CT molecular complexity index is 201. The first-order valence-corrected chi connectivity index (χ1v) is 5.33. The van der Waals surface area contributed by atoms with E-state index in [-0.39, 0.29) is 11.9 Å². The number of carbonyl (C=O) groups excluding carboxylic acids is 2. The van der Waals surface area contributed by atoms with E-state index in [0.717, 1.165) is 19.3 Å². The summed E-state index contributed by atoms with van der Waals surface area (Å²) in [6.07, 6.45) is 2.77. The molecular formula is C11H20O4. The van der Waals surface area contributed by atoms with Crippen LogP contribution in [0.3, 0.4) is 0 Å². The molecule has 0 radical (unpaired) electrons.